The van der Waals surface area contributed by atoms with E-state index < -0.39 is 0 Å². The number of hydrogen-bond acceptors (Lipinski definition) is 3. The number of nitrogens with one attached hydrogen (secondary N) is 1. The van der Waals surface area contributed by atoms with Gasteiger partial charge < -0.3 is 20.7 Å². The van der Waals surface area contributed by atoms with Crippen LogP contribution in [0.1, 0.15) is 46.0 Å². The van der Waals surface area contributed by atoms with E-state index in [9.17, 15) is 0 Å². The highest BCUT2D eigenvalue weighted by molar-refractivity contribution is 14.0. The minimum atomic E-state index is 0. The fourth-order valence-electron chi connectivity index (χ4n) is 3.52. The monoisotopic (exact) mass is 474 g/mol. The van der Waals surface area contributed by atoms with Crippen molar-refractivity contribution in [1.29, 1.82) is 0 Å². The van der Waals surface area contributed by atoms with Crippen LogP contribution in [0.3, 0.4) is 0 Å². The Morgan fingerprint density at radius 3 is 2.35 bits per heavy atom. The molecule has 3 N–H and O–H groups in total. The molecule has 1 atom stereocenters. The van der Waals surface area contributed by atoms with E-state index in [4.69, 9.17) is 10.5 Å². The van der Waals surface area contributed by atoms with Crippen molar-refractivity contribution < 1.29 is 4.74 Å². The fourth-order valence-corrected chi connectivity index (χ4v) is 3.52. The number of likely N-dealkylation sites (N-methyl/N-ethyl adjacent to an activating group) is 1. The second kappa shape index (κ2) is 11.6. The number of ether oxygens (including phenoxy) is 1. The Morgan fingerprint density at radius 1 is 1.19 bits per heavy atom. The summed E-state index contributed by atoms with van der Waals surface area (Å²) in [6.07, 6.45) is 6.86. The Balaban J connectivity index is 0.00000338. The van der Waals surface area contributed by atoms with E-state index in [0.717, 1.165) is 23.9 Å². The van der Waals surface area contributed by atoms with Crippen LogP contribution in [0, 0.1) is 5.92 Å². The molecule has 5 nitrogen and oxygen atoms in total. The SMILES string of the molecule is CC(C)Oc1ccc(NC(N)=NCC(C2CCCCC2)N(C)C)cc1.I. The van der Waals surface area contributed by atoms with Crippen LogP contribution in [0.25, 0.3) is 0 Å². The second-order valence-electron chi connectivity index (χ2n) is 7.47. The first-order chi connectivity index (χ1) is 12.0. The van der Waals surface area contributed by atoms with Gasteiger partial charge in [-0.15, -0.1) is 24.0 Å². The summed E-state index contributed by atoms with van der Waals surface area (Å²) in [5.74, 6) is 2.06. The predicted octanol–water partition coefficient (Wildman–Crippen LogP) is 4.33. The molecule has 0 bridgehead atoms. The van der Waals surface area contributed by atoms with Gasteiger partial charge in [-0.25, -0.2) is 0 Å². The molecular weight excluding hydrogens is 439 g/mol. The topological polar surface area (TPSA) is 62.9 Å². The summed E-state index contributed by atoms with van der Waals surface area (Å²) in [6.45, 7) is 4.78. The van der Waals surface area contributed by atoms with Crippen molar-refractivity contribution in [3.05, 3.63) is 24.3 Å². The average Bonchev–Trinajstić information content (AvgIpc) is 2.57. The first-order valence-corrected chi connectivity index (χ1v) is 9.46. The smallest absolute Gasteiger partial charge is 0.193 e. The zero-order chi connectivity index (χ0) is 18.2. The molecule has 2 rings (SSSR count). The summed E-state index contributed by atoms with van der Waals surface area (Å²) in [5, 5.41) is 3.17. The summed E-state index contributed by atoms with van der Waals surface area (Å²) in [5.41, 5.74) is 7.02. The predicted molar refractivity (Wildman–Crippen MR) is 122 cm³/mol. The van der Waals surface area contributed by atoms with Crippen molar-refractivity contribution >= 4 is 35.6 Å². The van der Waals surface area contributed by atoms with Crippen molar-refractivity contribution in [2.24, 2.45) is 16.6 Å². The van der Waals surface area contributed by atoms with Gasteiger partial charge in [-0.05, 0) is 71.0 Å². The lowest BCUT2D eigenvalue weighted by atomic mass is 9.83. The number of rotatable bonds is 7. The third-order valence-corrected chi connectivity index (χ3v) is 4.80. The fraction of sp³-hybridized carbons (Fsp3) is 0.650. The lowest BCUT2D eigenvalue weighted by Gasteiger charge is -2.33. The van der Waals surface area contributed by atoms with E-state index in [2.05, 4.69) is 29.3 Å². The van der Waals surface area contributed by atoms with Crippen molar-refractivity contribution in [3.8, 4) is 5.75 Å². The lowest BCUT2D eigenvalue weighted by Crippen LogP contribution is -2.39. The first kappa shape index (κ1) is 23.0. The Bertz CT molecular complexity index is 539. The second-order valence-corrected chi connectivity index (χ2v) is 7.47. The molecule has 26 heavy (non-hydrogen) atoms. The van der Waals surface area contributed by atoms with E-state index in [0.29, 0.717) is 12.0 Å². The summed E-state index contributed by atoms with van der Waals surface area (Å²) in [4.78, 5) is 6.89. The van der Waals surface area contributed by atoms with E-state index in [1.165, 1.54) is 32.1 Å². The molecule has 0 aliphatic heterocycles. The maximum absolute atomic E-state index is 6.09. The Kier molecular flexibility index (Phi) is 10.3. The normalized spacial score (nSPS) is 17.1. The van der Waals surface area contributed by atoms with E-state index in [1.807, 2.05) is 38.1 Å². The molecule has 148 valence electrons. The number of hydrogen-bond donors (Lipinski definition) is 2. The molecule has 1 aliphatic carbocycles. The number of aliphatic imine (C=N–C) groups is 1. The van der Waals surface area contributed by atoms with E-state index >= 15 is 0 Å². The van der Waals surface area contributed by atoms with Crippen LogP contribution in [0.4, 0.5) is 5.69 Å². The summed E-state index contributed by atoms with van der Waals surface area (Å²) < 4.78 is 5.65. The Hall–Kier alpha value is -1.02. The maximum atomic E-state index is 6.09. The molecule has 0 aromatic heterocycles. The Labute approximate surface area is 175 Å². The van der Waals surface area contributed by atoms with Gasteiger partial charge in [0, 0.05) is 11.7 Å². The molecule has 0 saturated heterocycles. The van der Waals surface area contributed by atoms with Crippen LogP contribution < -0.4 is 15.8 Å². The van der Waals surface area contributed by atoms with Crippen LogP contribution in [0.5, 0.6) is 5.75 Å². The van der Waals surface area contributed by atoms with Crippen LogP contribution in [-0.4, -0.2) is 43.6 Å². The first-order valence-electron chi connectivity index (χ1n) is 9.46. The molecule has 6 heteroatoms. The third-order valence-electron chi connectivity index (χ3n) is 4.80. The number of nitrogens with two attached hydrogens (primary N) is 1. The molecule has 0 radical (unpaired) electrons. The molecule has 1 fully saturated rings. The molecule has 1 unspecified atom stereocenters. The van der Waals surface area contributed by atoms with Crippen molar-refractivity contribution in [1.82, 2.24) is 4.90 Å². The van der Waals surface area contributed by atoms with E-state index in [1.54, 1.807) is 0 Å². The number of guanidine groups is 1. The highest BCUT2D eigenvalue weighted by Gasteiger charge is 2.25. The highest BCUT2D eigenvalue weighted by atomic mass is 127. The molecule has 1 aliphatic rings. The molecule has 0 spiro atoms. The van der Waals surface area contributed by atoms with Crippen LogP contribution in [0.2, 0.25) is 0 Å². The largest absolute Gasteiger partial charge is 0.491 e. The Morgan fingerprint density at radius 2 is 1.81 bits per heavy atom. The van der Waals surface area contributed by atoms with Crippen LogP contribution >= 0.6 is 24.0 Å². The van der Waals surface area contributed by atoms with Crippen molar-refractivity contribution in [2.75, 3.05) is 26.0 Å². The van der Waals surface area contributed by atoms with E-state index in [-0.39, 0.29) is 30.1 Å². The molecular formula is C20H35IN4O. The number of nitrogens with zero attached hydrogens (tertiary/aromatic N) is 2. The van der Waals surface area contributed by atoms with Gasteiger partial charge in [0.25, 0.3) is 0 Å². The van der Waals surface area contributed by atoms with Gasteiger partial charge in [0.05, 0.1) is 12.6 Å². The average molecular weight is 474 g/mol. The lowest BCUT2D eigenvalue weighted by molar-refractivity contribution is 0.176. The summed E-state index contributed by atoms with van der Waals surface area (Å²) >= 11 is 0. The van der Waals surface area contributed by atoms with Gasteiger partial charge in [0.2, 0.25) is 0 Å². The van der Waals surface area contributed by atoms with Crippen LogP contribution in [0.15, 0.2) is 29.3 Å². The zero-order valence-electron chi connectivity index (χ0n) is 16.6. The number of benzene rings is 1. The quantitative estimate of drug-likeness (QED) is 0.351. The van der Waals surface area contributed by atoms with Gasteiger partial charge >= 0.3 is 0 Å². The van der Waals surface area contributed by atoms with Gasteiger partial charge in [-0.1, -0.05) is 19.3 Å². The van der Waals surface area contributed by atoms with Gasteiger partial charge in [0.15, 0.2) is 5.96 Å². The third kappa shape index (κ3) is 7.70. The number of anilines is 1. The molecule has 1 aromatic carbocycles. The maximum Gasteiger partial charge on any atom is 0.193 e. The number of halogens is 1. The van der Waals surface area contributed by atoms with Gasteiger partial charge in [-0.2, -0.15) is 0 Å². The molecule has 0 amide bonds. The highest BCUT2D eigenvalue weighted by Crippen LogP contribution is 2.28. The zero-order valence-corrected chi connectivity index (χ0v) is 18.9. The van der Waals surface area contributed by atoms with Crippen LogP contribution in [-0.2, 0) is 0 Å². The molecule has 1 saturated carbocycles. The van der Waals surface area contributed by atoms with Crippen molar-refractivity contribution in [2.45, 2.75) is 58.1 Å². The van der Waals surface area contributed by atoms with Gasteiger partial charge in [0.1, 0.15) is 5.75 Å². The standard InChI is InChI=1S/C20H34N4O.HI/c1-15(2)25-18-12-10-17(11-13-18)23-20(21)22-14-19(24(3)4)16-8-6-5-7-9-16;/h10-13,15-16,19H,5-9,14H2,1-4H3,(H3,21,22,23);1H. The molecule has 1 aromatic rings. The summed E-state index contributed by atoms with van der Waals surface area (Å²) in [7, 11) is 4.29. The summed E-state index contributed by atoms with van der Waals surface area (Å²) in [6, 6.07) is 8.28. The minimum absolute atomic E-state index is 0. The minimum Gasteiger partial charge on any atom is -0.491 e. The van der Waals surface area contributed by atoms with Gasteiger partial charge in [-0.3, -0.25) is 4.99 Å². The van der Waals surface area contributed by atoms with Crippen molar-refractivity contribution in [3.63, 3.8) is 0 Å². The molecule has 0 heterocycles.